The molecule has 1 aliphatic rings. The summed E-state index contributed by atoms with van der Waals surface area (Å²) in [5.41, 5.74) is 0.172. The van der Waals surface area contributed by atoms with Crippen LogP contribution in [0.15, 0.2) is 6.33 Å². The van der Waals surface area contributed by atoms with Crippen LogP contribution in [0.25, 0.3) is 5.78 Å². The first-order valence-electron chi connectivity index (χ1n) is 6.31. The second-order valence-electron chi connectivity index (χ2n) is 5.35. The molecule has 1 atom stereocenters. The van der Waals surface area contributed by atoms with E-state index < -0.39 is 5.60 Å². The van der Waals surface area contributed by atoms with E-state index in [0.29, 0.717) is 17.5 Å². The Balaban J connectivity index is 2.13. The van der Waals surface area contributed by atoms with Crippen LogP contribution in [0.5, 0.6) is 0 Å². The molecule has 1 N–H and O–H groups in total. The molecule has 102 valence electrons. The lowest BCUT2D eigenvalue weighted by molar-refractivity contribution is 0.0445. The molecule has 0 amide bonds. The monoisotopic (exact) mass is 281 g/mol. The number of rotatable bonds is 1. The number of β-amino-alcohol motifs (C(OH)–C–C–N with tert-alkyl or cyclic N) is 1. The Bertz CT molecular complexity index is 624. The molecule has 0 radical (unpaired) electrons. The molecule has 7 heteroatoms. The predicted molar refractivity (Wildman–Crippen MR) is 72.6 cm³/mol. The number of anilines is 1. The Morgan fingerprint density at radius 3 is 3.00 bits per heavy atom. The van der Waals surface area contributed by atoms with Gasteiger partial charge in [-0.2, -0.15) is 19.6 Å². The zero-order valence-electron chi connectivity index (χ0n) is 11.0. The van der Waals surface area contributed by atoms with Gasteiger partial charge in [0.2, 0.25) is 0 Å². The van der Waals surface area contributed by atoms with Crippen molar-refractivity contribution in [3.63, 3.8) is 0 Å². The largest absolute Gasteiger partial charge is 0.388 e. The first kappa shape index (κ1) is 12.6. The summed E-state index contributed by atoms with van der Waals surface area (Å²) in [6.45, 7) is 5.19. The molecular weight excluding hydrogens is 266 g/mol. The molecule has 1 unspecified atom stereocenters. The minimum absolute atomic E-state index is 0.431. The van der Waals surface area contributed by atoms with Gasteiger partial charge in [-0.15, -0.1) is 0 Å². The Labute approximate surface area is 116 Å². The van der Waals surface area contributed by atoms with Gasteiger partial charge >= 0.3 is 0 Å². The number of nitrogens with zero attached hydrogens (tertiary/aromatic N) is 5. The first-order valence-corrected chi connectivity index (χ1v) is 6.69. The number of hydrogen-bond acceptors (Lipinski definition) is 5. The summed E-state index contributed by atoms with van der Waals surface area (Å²) in [6, 6.07) is 0. The van der Waals surface area contributed by atoms with E-state index in [1.165, 1.54) is 6.33 Å². The van der Waals surface area contributed by atoms with Gasteiger partial charge in [0, 0.05) is 18.7 Å². The molecule has 0 aliphatic carbocycles. The molecule has 0 saturated carbocycles. The summed E-state index contributed by atoms with van der Waals surface area (Å²) in [6.07, 6.45) is 3.20. The average Bonchev–Trinajstić information content (AvgIpc) is 2.76. The first-order chi connectivity index (χ1) is 8.98. The fourth-order valence-corrected chi connectivity index (χ4v) is 2.82. The molecule has 6 nitrogen and oxygen atoms in total. The van der Waals surface area contributed by atoms with E-state index in [1.54, 1.807) is 4.52 Å². The van der Waals surface area contributed by atoms with E-state index in [9.17, 15) is 5.11 Å². The molecule has 3 heterocycles. The van der Waals surface area contributed by atoms with Gasteiger partial charge < -0.3 is 10.0 Å². The van der Waals surface area contributed by atoms with E-state index in [1.807, 2.05) is 13.8 Å². The van der Waals surface area contributed by atoms with Gasteiger partial charge in [0.05, 0.1) is 5.60 Å². The molecule has 2 aromatic heterocycles. The molecule has 1 saturated heterocycles. The number of aliphatic hydroxyl groups is 1. The third kappa shape index (κ3) is 2.15. The Morgan fingerprint density at radius 1 is 1.47 bits per heavy atom. The average molecular weight is 282 g/mol. The SMILES string of the molecule is Cc1c(Cl)nc2ncnn2c1N1CCCC(C)(O)C1. The summed E-state index contributed by atoms with van der Waals surface area (Å²) < 4.78 is 1.68. The topological polar surface area (TPSA) is 66.5 Å². The quantitative estimate of drug-likeness (QED) is 0.801. The maximum absolute atomic E-state index is 10.3. The highest BCUT2D eigenvalue weighted by Crippen LogP contribution is 2.30. The van der Waals surface area contributed by atoms with Crippen LogP contribution < -0.4 is 4.90 Å². The molecule has 1 fully saturated rings. The standard InChI is InChI=1S/C12H16ClN5O/c1-8-9(13)16-11-14-7-15-18(11)10(8)17-5-3-4-12(2,19)6-17/h7,19H,3-6H2,1-2H3. The van der Waals surface area contributed by atoms with Crippen molar-refractivity contribution in [3.05, 3.63) is 17.0 Å². The van der Waals surface area contributed by atoms with Gasteiger partial charge in [-0.1, -0.05) is 11.6 Å². The molecule has 3 rings (SSSR count). The van der Waals surface area contributed by atoms with Crippen molar-refractivity contribution in [1.29, 1.82) is 0 Å². The normalized spacial score (nSPS) is 24.1. The van der Waals surface area contributed by atoms with Gasteiger partial charge in [0.25, 0.3) is 5.78 Å². The maximum atomic E-state index is 10.3. The zero-order valence-corrected chi connectivity index (χ0v) is 11.7. The number of hydrogen-bond donors (Lipinski definition) is 1. The van der Waals surface area contributed by atoms with E-state index >= 15 is 0 Å². The summed E-state index contributed by atoms with van der Waals surface area (Å²) in [7, 11) is 0. The van der Waals surface area contributed by atoms with Crippen molar-refractivity contribution in [3.8, 4) is 0 Å². The number of aromatic nitrogens is 4. The highest BCUT2D eigenvalue weighted by Gasteiger charge is 2.31. The van der Waals surface area contributed by atoms with E-state index in [2.05, 4.69) is 20.0 Å². The van der Waals surface area contributed by atoms with Crippen LogP contribution in [0.2, 0.25) is 5.15 Å². The van der Waals surface area contributed by atoms with E-state index in [0.717, 1.165) is 30.8 Å². The fraction of sp³-hybridized carbons (Fsp3) is 0.583. The van der Waals surface area contributed by atoms with Crippen molar-refractivity contribution in [2.75, 3.05) is 18.0 Å². The van der Waals surface area contributed by atoms with Crippen LogP contribution in [-0.2, 0) is 0 Å². The highest BCUT2D eigenvalue weighted by molar-refractivity contribution is 6.30. The minimum atomic E-state index is -0.687. The molecule has 19 heavy (non-hydrogen) atoms. The molecule has 0 spiro atoms. The second kappa shape index (κ2) is 4.31. The lowest BCUT2D eigenvalue weighted by Crippen LogP contribution is -2.47. The summed E-state index contributed by atoms with van der Waals surface area (Å²) in [4.78, 5) is 10.4. The van der Waals surface area contributed by atoms with Crippen LogP contribution in [0.1, 0.15) is 25.3 Å². The molecule has 0 bridgehead atoms. The lowest BCUT2D eigenvalue weighted by atomic mass is 9.95. The van der Waals surface area contributed by atoms with Crippen LogP contribution >= 0.6 is 11.6 Å². The molecule has 0 aromatic carbocycles. The van der Waals surface area contributed by atoms with Gasteiger partial charge in [-0.3, -0.25) is 0 Å². The van der Waals surface area contributed by atoms with Crippen molar-refractivity contribution in [2.45, 2.75) is 32.3 Å². The number of halogens is 1. The van der Waals surface area contributed by atoms with Crippen LogP contribution in [0, 0.1) is 6.92 Å². The number of piperidine rings is 1. The van der Waals surface area contributed by atoms with E-state index in [4.69, 9.17) is 11.6 Å². The molecular formula is C12H16ClN5O. The minimum Gasteiger partial charge on any atom is -0.388 e. The van der Waals surface area contributed by atoms with Crippen molar-refractivity contribution in [2.24, 2.45) is 0 Å². The fourth-order valence-electron chi connectivity index (χ4n) is 2.66. The summed E-state index contributed by atoms with van der Waals surface area (Å²) in [5.74, 6) is 1.35. The van der Waals surface area contributed by atoms with Gasteiger partial charge in [-0.25, -0.2) is 0 Å². The Kier molecular flexibility index (Phi) is 2.87. The summed E-state index contributed by atoms with van der Waals surface area (Å²) in [5, 5.41) is 14.9. The van der Waals surface area contributed by atoms with Gasteiger partial charge in [0.1, 0.15) is 17.3 Å². The van der Waals surface area contributed by atoms with E-state index in [-0.39, 0.29) is 0 Å². The van der Waals surface area contributed by atoms with Crippen molar-refractivity contribution < 1.29 is 5.11 Å². The molecule has 1 aliphatic heterocycles. The van der Waals surface area contributed by atoms with Gasteiger partial charge in [0.15, 0.2) is 0 Å². The number of fused-ring (bicyclic) bond motifs is 1. The third-order valence-electron chi connectivity index (χ3n) is 3.55. The van der Waals surface area contributed by atoms with Crippen molar-refractivity contribution in [1.82, 2.24) is 19.6 Å². The zero-order chi connectivity index (χ0) is 13.6. The van der Waals surface area contributed by atoms with Gasteiger partial charge in [-0.05, 0) is 26.7 Å². The third-order valence-corrected chi connectivity index (χ3v) is 3.92. The predicted octanol–water partition coefficient (Wildman–Crippen LogP) is 1.44. The summed E-state index contributed by atoms with van der Waals surface area (Å²) >= 11 is 6.16. The Hall–Kier alpha value is -1.40. The smallest absolute Gasteiger partial charge is 0.255 e. The van der Waals surface area contributed by atoms with Crippen molar-refractivity contribution >= 4 is 23.2 Å². The molecule has 2 aromatic rings. The van der Waals surface area contributed by atoms with Crippen LogP contribution in [-0.4, -0.2) is 43.4 Å². The second-order valence-corrected chi connectivity index (χ2v) is 5.70. The van der Waals surface area contributed by atoms with Crippen LogP contribution in [0.4, 0.5) is 5.82 Å². The maximum Gasteiger partial charge on any atom is 0.255 e. The highest BCUT2D eigenvalue weighted by atomic mass is 35.5. The lowest BCUT2D eigenvalue weighted by Gasteiger charge is -2.38. The Morgan fingerprint density at radius 2 is 2.26 bits per heavy atom. The van der Waals surface area contributed by atoms with Crippen LogP contribution in [0.3, 0.4) is 0 Å².